The molecule has 0 saturated carbocycles. The Morgan fingerprint density at radius 2 is 1.87 bits per heavy atom. The van der Waals surface area contributed by atoms with Crippen LogP contribution in [0.25, 0.3) is 0 Å². The van der Waals surface area contributed by atoms with Crippen LogP contribution in [0.5, 0.6) is 11.5 Å². The van der Waals surface area contributed by atoms with Crippen LogP contribution in [-0.2, 0) is 15.1 Å². The van der Waals surface area contributed by atoms with Crippen LogP contribution in [0.3, 0.4) is 0 Å². The predicted molar refractivity (Wildman–Crippen MR) is 169 cm³/mol. The summed E-state index contributed by atoms with van der Waals surface area (Å²) in [4.78, 5) is 34.2. The Kier molecular flexibility index (Phi) is 9.58. The van der Waals surface area contributed by atoms with Gasteiger partial charge < -0.3 is 25.7 Å². The molecule has 0 radical (unpaired) electrons. The van der Waals surface area contributed by atoms with Crippen LogP contribution in [0.1, 0.15) is 39.2 Å². The zero-order chi connectivity index (χ0) is 32.2. The number of halogens is 1. The number of hydrogen-bond acceptors (Lipinski definition) is 9. The Hall–Kier alpha value is -4.24. The van der Waals surface area contributed by atoms with Gasteiger partial charge in [-0.25, -0.2) is 9.82 Å². The molecule has 0 bridgehead atoms. The van der Waals surface area contributed by atoms with Crippen LogP contribution in [-0.4, -0.2) is 77.7 Å². The van der Waals surface area contributed by atoms with Crippen molar-refractivity contribution in [3.63, 3.8) is 0 Å². The number of piperazine rings is 1. The lowest BCUT2D eigenvalue weighted by Gasteiger charge is -2.42. The molecule has 2 fully saturated rings. The summed E-state index contributed by atoms with van der Waals surface area (Å²) in [6.45, 7) is 11.3. The first-order valence-corrected chi connectivity index (χ1v) is 15.5. The number of likely N-dealkylation sites (N-methyl/N-ethyl adjacent to an activating group) is 1. The number of hydrazine groups is 1. The molecule has 3 aliphatic rings. The van der Waals surface area contributed by atoms with E-state index in [-0.39, 0.29) is 34.9 Å². The average molecular weight is 616 g/mol. The van der Waals surface area contributed by atoms with Crippen molar-refractivity contribution in [2.24, 2.45) is 11.7 Å². The van der Waals surface area contributed by atoms with Crippen LogP contribution >= 0.6 is 0 Å². The Balaban J connectivity index is 1.34. The van der Waals surface area contributed by atoms with Gasteiger partial charge in [-0.2, -0.15) is 5.26 Å². The molecule has 3 heterocycles. The first kappa shape index (κ1) is 32.2. The van der Waals surface area contributed by atoms with Gasteiger partial charge in [0, 0.05) is 68.6 Å². The van der Waals surface area contributed by atoms with Gasteiger partial charge in [0.15, 0.2) is 11.3 Å². The van der Waals surface area contributed by atoms with Gasteiger partial charge in [-0.05, 0) is 63.6 Å². The van der Waals surface area contributed by atoms with E-state index in [0.717, 1.165) is 32.7 Å². The number of rotatable bonds is 9. The summed E-state index contributed by atoms with van der Waals surface area (Å²) < 4.78 is 21.5. The first-order valence-electron chi connectivity index (χ1n) is 15.5. The number of nitriles is 1. The monoisotopic (exact) mass is 615 g/mol. The fraction of sp³-hybridized carbons (Fsp3) is 0.441. The van der Waals surface area contributed by atoms with E-state index in [1.807, 2.05) is 32.0 Å². The maximum Gasteiger partial charge on any atom is 0.264 e. The normalized spacial score (nSPS) is 23.2. The van der Waals surface area contributed by atoms with E-state index in [1.165, 1.54) is 18.3 Å². The summed E-state index contributed by atoms with van der Waals surface area (Å²) >= 11 is 0. The zero-order valence-corrected chi connectivity index (χ0v) is 26.2. The Morgan fingerprint density at radius 3 is 2.49 bits per heavy atom. The number of ketones is 1. The number of nitrogens with two attached hydrogens (primary N) is 1. The van der Waals surface area contributed by atoms with Gasteiger partial charge in [0.05, 0.1) is 5.70 Å². The van der Waals surface area contributed by atoms with E-state index >= 15 is 4.39 Å². The molecule has 45 heavy (non-hydrogen) atoms. The standard InChI is InChI=1S/C34H42FN7O3/c1-4-40-15-17-42(18-16-40)33(2,3)20-25(21-36)32(44)41-14-8-9-24(23-41)31(43)34(30(37)22-38-39-34)28-13-12-27(19-29(28)35)45-26-10-6-5-7-11-26/h5-7,10-13,19-20,22,24,38-39H,4,8-9,14-18,23,37H2,1-3H3/t24-,34?/m0/s1. The van der Waals surface area contributed by atoms with Gasteiger partial charge in [0.25, 0.3) is 5.91 Å². The summed E-state index contributed by atoms with van der Waals surface area (Å²) in [5.74, 6) is -1.24. The minimum Gasteiger partial charge on any atom is -0.457 e. The van der Waals surface area contributed by atoms with Crippen molar-refractivity contribution in [3.8, 4) is 17.6 Å². The SMILES string of the molecule is CCN1CCN(C(C)(C)C=C(C#N)C(=O)N2CCC[C@H](C(=O)C3(c4ccc(Oc5ccccc5)cc4F)NNC=C3N)C2)CC1. The molecular weight excluding hydrogens is 573 g/mol. The number of amides is 1. The molecule has 10 nitrogen and oxygen atoms in total. The number of para-hydroxylation sites is 1. The van der Waals surface area contributed by atoms with Crippen LogP contribution in [0.15, 0.2) is 72.1 Å². The Bertz CT molecular complexity index is 1510. The van der Waals surface area contributed by atoms with Gasteiger partial charge in [-0.3, -0.25) is 14.5 Å². The number of ether oxygens (including phenoxy) is 1. The van der Waals surface area contributed by atoms with Crippen LogP contribution in [0.4, 0.5) is 4.39 Å². The summed E-state index contributed by atoms with van der Waals surface area (Å²) in [7, 11) is 0. The third kappa shape index (κ3) is 6.59. The maximum absolute atomic E-state index is 15.8. The van der Waals surface area contributed by atoms with Crippen molar-refractivity contribution in [3.05, 3.63) is 83.5 Å². The fourth-order valence-corrected chi connectivity index (χ4v) is 6.53. The first-order chi connectivity index (χ1) is 21.6. The van der Waals surface area contributed by atoms with E-state index in [2.05, 4.69) is 33.6 Å². The van der Waals surface area contributed by atoms with E-state index < -0.39 is 28.7 Å². The molecule has 1 unspecified atom stereocenters. The second kappa shape index (κ2) is 13.4. The van der Waals surface area contributed by atoms with Crippen molar-refractivity contribution >= 4 is 11.7 Å². The van der Waals surface area contributed by atoms with Crippen LogP contribution < -0.4 is 21.3 Å². The van der Waals surface area contributed by atoms with E-state index in [0.29, 0.717) is 25.1 Å². The van der Waals surface area contributed by atoms with Crippen LogP contribution in [0.2, 0.25) is 0 Å². The molecule has 2 saturated heterocycles. The van der Waals surface area contributed by atoms with E-state index in [9.17, 15) is 14.9 Å². The number of hydrogen-bond donors (Lipinski definition) is 3. The number of carbonyl (C=O) groups is 2. The number of nitrogens with one attached hydrogen (secondary N) is 2. The molecule has 0 aromatic heterocycles. The van der Waals surface area contributed by atoms with E-state index in [1.54, 1.807) is 29.2 Å². The van der Waals surface area contributed by atoms with Gasteiger partial charge >= 0.3 is 0 Å². The highest BCUT2D eigenvalue weighted by Gasteiger charge is 2.50. The minimum atomic E-state index is -1.68. The summed E-state index contributed by atoms with van der Waals surface area (Å²) in [5, 5.41) is 10.0. The number of benzene rings is 2. The molecule has 0 aliphatic carbocycles. The van der Waals surface area contributed by atoms with Crippen molar-refractivity contribution in [1.82, 2.24) is 25.6 Å². The smallest absolute Gasteiger partial charge is 0.264 e. The summed E-state index contributed by atoms with van der Waals surface area (Å²) in [6, 6.07) is 15.5. The molecule has 3 aliphatic heterocycles. The van der Waals surface area contributed by atoms with Gasteiger partial charge in [-0.1, -0.05) is 25.1 Å². The topological polar surface area (TPSA) is 127 Å². The fourth-order valence-electron chi connectivity index (χ4n) is 6.53. The highest BCUT2D eigenvalue weighted by atomic mass is 19.1. The molecule has 2 aromatic carbocycles. The number of carbonyl (C=O) groups excluding carboxylic acids is 2. The third-order valence-electron chi connectivity index (χ3n) is 9.18. The largest absolute Gasteiger partial charge is 0.457 e. The summed E-state index contributed by atoms with van der Waals surface area (Å²) in [5.41, 5.74) is 10.1. The van der Waals surface area contributed by atoms with Gasteiger partial charge in [0.2, 0.25) is 0 Å². The molecular formula is C34H42FN7O3. The molecule has 11 heteroatoms. The second-order valence-electron chi connectivity index (χ2n) is 12.4. The summed E-state index contributed by atoms with van der Waals surface area (Å²) in [6.07, 6.45) is 4.25. The molecule has 238 valence electrons. The highest BCUT2D eigenvalue weighted by Crippen LogP contribution is 2.38. The van der Waals surface area contributed by atoms with Gasteiger partial charge in [-0.15, -0.1) is 0 Å². The van der Waals surface area contributed by atoms with Crippen molar-refractivity contribution in [1.29, 1.82) is 5.26 Å². The second-order valence-corrected chi connectivity index (χ2v) is 12.4. The lowest BCUT2D eigenvalue weighted by Crippen LogP contribution is -2.57. The molecule has 5 rings (SSSR count). The van der Waals surface area contributed by atoms with Crippen LogP contribution in [0, 0.1) is 23.1 Å². The van der Waals surface area contributed by atoms with E-state index in [4.69, 9.17) is 10.5 Å². The molecule has 0 spiro atoms. The Morgan fingerprint density at radius 1 is 1.13 bits per heavy atom. The lowest BCUT2D eigenvalue weighted by atomic mass is 9.76. The third-order valence-corrected chi connectivity index (χ3v) is 9.18. The van der Waals surface area contributed by atoms with Gasteiger partial charge in [0.1, 0.15) is 29.0 Å². The minimum absolute atomic E-state index is 0.0534. The van der Waals surface area contributed by atoms with Crippen molar-refractivity contribution in [2.75, 3.05) is 45.8 Å². The molecule has 4 N–H and O–H groups in total. The maximum atomic E-state index is 15.8. The zero-order valence-electron chi connectivity index (χ0n) is 26.2. The number of piperidine rings is 1. The average Bonchev–Trinajstić information content (AvgIpc) is 3.44. The molecule has 2 atom stereocenters. The quantitative estimate of drug-likeness (QED) is 0.287. The van der Waals surface area contributed by atoms with Crippen molar-refractivity contribution < 1.29 is 18.7 Å². The molecule has 1 amide bonds. The van der Waals surface area contributed by atoms with Crippen molar-refractivity contribution in [2.45, 2.75) is 44.7 Å². The Labute approximate surface area is 264 Å². The predicted octanol–water partition coefficient (Wildman–Crippen LogP) is 3.39. The molecule has 2 aromatic rings. The lowest BCUT2D eigenvalue weighted by molar-refractivity contribution is -0.134. The highest BCUT2D eigenvalue weighted by molar-refractivity contribution is 5.99. The number of Topliss-reactive ketones (excluding diaryl/α,β-unsaturated/α-hetero) is 1. The number of likely N-dealkylation sites (tertiary alicyclic amines) is 1. The number of nitrogens with zero attached hydrogens (tertiary/aromatic N) is 4.